The van der Waals surface area contributed by atoms with Crippen LogP contribution in [0.3, 0.4) is 0 Å². The number of rotatable bonds is 7. The molecular weight excluding hydrogens is 350 g/mol. The number of hydrogen-bond donors (Lipinski definition) is 1. The molecule has 0 fully saturated rings. The Kier molecular flexibility index (Phi) is 6.58. The summed E-state index contributed by atoms with van der Waals surface area (Å²) < 4.78 is 5.30. The van der Waals surface area contributed by atoms with Gasteiger partial charge in [-0.3, -0.25) is 4.79 Å². The zero-order valence-electron chi connectivity index (χ0n) is 15.8. The Hall–Kier alpha value is -3.40. The Bertz CT molecular complexity index is 906. The quantitative estimate of drug-likeness (QED) is 0.610. The predicted molar refractivity (Wildman–Crippen MR) is 109 cm³/mol. The molecule has 0 aliphatic carbocycles. The maximum absolute atomic E-state index is 13.0. The van der Waals surface area contributed by atoms with Crippen LogP contribution < -0.4 is 5.32 Å². The lowest BCUT2D eigenvalue weighted by Crippen LogP contribution is -2.42. The Labute approximate surface area is 165 Å². The minimum atomic E-state index is -0.701. The Balaban J connectivity index is 1.70. The number of carbonyl (C=O) groups excluding carboxylic acids is 2. The third-order valence-corrected chi connectivity index (χ3v) is 4.44. The number of nitrogens with one attached hydrogen (secondary N) is 1. The average molecular weight is 373 g/mol. The number of ketones is 1. The van der Waals surface area contributed by atoms with Gasteiger partial charge in [-0.15, -0.1) is 0 Å². The van der Waals surface area contributed by atoms with E-state index in [4.69, 9.17) is 4.74 Å². The van der Waals surface area contributed by atoms with Crippen LogP contribution in [-0.2, 0) is 17.8 Å². The molecule has 1 unspecified atom stereocenters. The predicted octanol–water partition coefficient (Wildman–Crippen LogP) is 4.72. The summed E-state index contributed by atoms with van der Waals surface area (Å²) in [5.74, 6) is -0.138. The number of amides is 1. The fourth-order valence-electron chi connectivity index (χ4n) is 2.89. The second-order valence-electron chi connectivity index (χ2n) is 6.68. The SMILES string of the molecule is Cc1ccc(C(=O)C(Cc2ccccc2)NC(=O)OCc2ccccc2)cc1. The number of Topliss-reactive ketones (excluding diaryl/α,β-unsaturated/α-hetero) is 1. The molecule has 1 atom stereocenters. The van der Waals surface area contributed by atoms with Gasteiger partial charge >= 0.3 is 6.09 Å². The summed E-state index contributed by atoms with van der Waals surface area (Å²) in [6.45, 7) is 2.12. The van der Waals surface area contributed by atoms with E-state index in [1.165, 1.54) is 0 Å². The third kappa shape index (κ3) is 5.55. The van der Waals surface area contributed by atoms with Gasteiger partial charge in [-0.1, -0.05) is 90.5 Å². The summed E-state index contributed by atoms with van der Waals surface area (Å²) in [5.41, 5.74) is 3.50. The van der Waals surface area contributed by atoms with Gasteiger partial charge in [0, 0.05) is 12.0 Å². The molecule has 28 heavy (non-hydrogen) atoms. The normalized spacial score (nSPS) is 11.5. The molecule has 3 aromatic rings. The molecule has 0 aromatic heterocycles. The topological polar surface area (TPSA) is 55.4 Å². The van der Waals surface area contributed by atoms with Crippen molar-refractivity contribution in [2.24, 2.45) is 0 Å². The van der Waals surface area contributed by atoms with Crippen LogP contribution in [0.25, 0.3) is 0 Å². The van der Waals surface area contributed by atoms with E-state index in [-0.39, 0.29) is 12.4 Å². The van der Waals surface area contributed by atoms with Gasteiger partial charge in [0.2, 0.25) is 0 Å². The molecule has 1 N–H and O–H groups in total. The fraction of sp³-hybridized carbons (Fsp3) is 0.167. The summed E-state index contributed by atoms with van der Waals surface area (Å²) in [4.78, 5) is 25.3. The first-order valence-electron chi connectivity index (χ1n) is 9.24. The van der Waals surface area contributed by atoms with Crippen LogP contribution in [0.2, 0.25) is 0 Å². The molecule has 0 saturated heterocycles. The highest BCUT2D eigenvalue weighted by Crippen LogP contribution is 2.12. The number of benzene rings is 3. The number of alkyl carbamates (subject to hydrolysis) is 1. The Morgan fingerprint density at radius 2 is 1.39 bits per heavy atom. The highest BCUT2D eigenvalue weighted by atomic mass is 16.5. The summed E-state index contributed by atoms with van der Waals surface area (Å²) in [6.07, 6.45) is -0.209. The van der Waals surface area contributed by atoms with E-state index in [9.17, 15) is 9.59 Å². The van der Waals surface area contributed by atoms with Crippen molar-refractivity contribution in [1.82, 2.24) is 5.32 Å². The first-order valence-corrected chi connectivity index (χ1v) is 9.24. The van der Waals surface area contributed by atoms with Gasteiger partial charge in [0.25, 0.3) is 0 Å². The highest BCUT2D eigenvalue weighted by molar-refractivity contribution is 6.01. The molecular formula is C24H23NO3. The standard InChI is InChI=1S/C24H23NO3/c1-18-12-14-21(15-13-18)23(26)22(16-19-8-4-2-5-9-19)25-24(27)28-17-20-10-6-3-7-11-20/h2-15,22H,16-17H2,1H3,(H,25,27). The van der Waals surface area contributed by atoms with Gasteiger partial charge < -0.3 is 10.1 Å². The Morgan fingerprint density at radius 3 is 2.00 bits per heavy atom. The highest BCUT2D eigenvalue weighted by Gasteiger charge is 2.23. The largest absolute Gasteiger partial charge is 0.445 e. The molecule has 0 bridgehead atoms. The molecule has 4 nitrogen and oxygen atoms in total. The van der Waals surface area contributed by atoms with Gasteiger partial charge in [-0.2, -0.15) is 0 Å². The van der Waals surface area contributed by atoms with Crippen LogP contribution in [0.1, 0.15) is 27.0 Å². The van der Waals surface area contributed by atoms with Gasteiger partial charge in [0.05, 0.1) is 6.04 Å². The van der Waals surface area contributed by atoms with Crippen LogP contribution in [0.4, 0.5) is 4.79 Å². The molecule has 0 radical (unpaired) electrons. The summed E-state index contributed by atoms with van der Waals surface area (Å²) in [7, 11) is 0. The van der Waals surface area contributed by atoms with E-state index in [1.54, 1.807) is 12.1 Å². The number of hydrogen-bond acceptors (Lipinski definition) is 3. The molecule has 142 valence electrons. The lowest BCUT2D eigenvalue weighted by Gasteiger charge is -2.18. The van der Waals surface area contributed by atoms with E-state index in [2.05, 4.69) is 5.32 Å². The summed E-state index contributed by atoms with van der Waals surface area (Å²) in [5, 5.41) is 2.74. The van der Waals surface area contributed by atoms with Gasteiger partial charge in [-0.25, -0.2) is 4.79 Å². The van der Waals surface area contributed by atoms with Crippen molar-refractivity contribution in [3.8, 4) is 0 Å². The molecule has 4 heteroatoms. The monoisotopic (exact) mass is 373 g/mol. The summed E-state index contributed by atoms with van der Waals surface area (Å²) in [6, 6.07) is 25.7. The van der Waals surface area contributed by atoms with Crippen LogP contribution in [-0.4, -0.2) is 17.9 Å². The van der Waals surface area contributed by atoms with Crippen LogP contribution in [0.15, 0.2) is 84.9 Å². The molecule has 3 aromatic carbocycles. The lowest BCUT2D eigenvalue weighted by molar-refractivity contribution is 0.0916. The number of ether oxygens (including phenoxy) is 1. The van der Waals surface area contributed by atoms with Crippen molar-refractivity contribution < 1.29 is 14.3 Å². The molecule has 3 rings (SSSR count). The number of aryl methyl sites for hydroxylation is 1. The molecule has 1 amide bonds. The second-order valence-corrected chi connectivity index (χ2v) is 6.68. The maximum atomic E-state index is 13.0. The van der Waals surface area contributed by atoms with Crippen LogP contribution >= 0.6 is 0 Å². The third-order valence-electron chi connectivity index (χ3n) is 4.44. The zero-order chi connectivity index (χ0) is 19.8. The molecule has 0 aliphatic heterocycles. The average Bonchev–Trinajstić information content (AvgIpc) is 2.73. The van der Waals surface area contributed by atoms with Gasteiger partial charge in [-0.05, 0) is 18.1 Å². The van der Waals surface area contributed by atoms with E-state index >= 15 is 0 Å². The zero-order valence-corrected chi connectivity index (χ0v) is 15.8. The molecule has 0 aliphatic rings. The van der Waals surface area contributed by atoms with Crippen LogP contribution in [0, 0.1) is 6.92 Å². The van der Waals surface area contributed by atoms with Gasteiger partial charge in [0.15, 0.2) is 5.78 Å². The molecule has 0 heterocycles. The minimum Gasteiger partial charge on any atom is -0.445 e. The van der Waals surface area contributed by atoms with Gasteiger partial charge in [0.1, 0.15) is 6.61 Å². The van der Waals surface area contributed by atoms with Crippen molar-refractivity contribution in [2.45, 2.75) is 26.0 Å². The second kappa shape index (κ2) is 9.51. The van der Waals surface area contributed by atoms with Crippen molar-refractivity contribution in [2.75, 3.05) is 0 Å². The van der Waals surface area contributed by atoms with Crippen molar-refractivity contribution in [3.63, 3.8) is 0 Å². The van der Waals surface area contributed by atoms with Crippen molar-refractivity contribution in [3.05, 3.63) is 107 Å². The first kappa shape index (κ1) is 19.4. The maximum Gasteiger partial charge on any atom is 0.408 e. The minimum absolute atomic E-state index is 0.138. The van der Waals surface area contributed by atoms with E-state index in [1.807, 2.05) is 79.7 Å². The van der Waals surface area contributed by atoms with Crippen molar-refractivity contribution in [1.29, 1.82) is 0 Å². The smallest absolute Gasteiger partial charge is 0.408 e. The van der Waals surface area contributed by atoms with E-state index < -0.39 is 12.1 Å². The van der Waals surface area contributed by atoms with Crippen LogP contribution in [0.5, 0.6) is 0 Å². The summed E-state index contributed by atoms with van der Waals surface area (Å²) >= 11 is 0. The first-order chi connectivity index (χ1) is 13.6. The van der Waals surface area contributed by atoms with E-state index in [0.717, 1.165) is 16.7 Å². The lowest BCUT2D eigenvalue weighted by atomic mass is 9.97. The molecule has 0 saturated carbocycles. The molecule has 0 spiro atoms. The van der Waals surface area contributed by atoms with E-state index in [0.29, 0.717) is 12.0 Å². The van der Waals surface area contributed by atoms with Crippen molar-refractivity contribution >= 4 is 11.9 Å². The number of carbonyl (C=O) groups is 2. The Morgan fingerprint density at radius 1 is 0.821 bits per heavy atom. The fourth-order valence-corrected chi connectivity index (χ4v) is 2.89.